The van der Waals surface area contributed by atoms with Gasteiger partial charge in [-0.05, 0) is 62.9 Å². The van der Waals surface area contributed by atoms with E-state index in [0.717, 1.165) is 17.0 Å². The third-order valence-electron chi connectivity index (χ3n) is 4.73. The number of benzene rings is 1. The number of likely N-dealkylation sites (N-methyl/N-ethyl adjacent to an activating group) is 1. The summed E-state index contributed by atoms with van der Waals surface area (Å²) in [6.07, 6.45) is 2.13. The molecule has 0 saturated carbocycles. The van der Waals surface area contributed by atoms with Crippen molar-refractivity contribution in [2.24, 2.45) is 5.10 Å². The lowest BCUT2D eigenvalue weighted by Gasteiger charge is -2.23. The molecule has 0 bridgehead atoms. The highest BCUT2D eigenvalue weighted by molar-refractivity contribution is 6.03. The molecule has 1 aliphatic heterocycles. The minimum atomic E-state index is -0.317. The molecule has 160 valence electrons. The number of amides is 2. The van der Waals surface area contributed by atoms with Crippen LogP contribution in [0.4, 0.5) is 0 Å². The van der Waals surface area contributed by atoms with E-state index in [1.165, 1.54) is 5.01 Å². The molecule has 30 heavy (non-hydrogen) atoms. The van der Waals surface area contributed by atoms with Crippen LogP contribution in [-0.2, 0) is 9.59 Å². The van der Waals surface area contributed by atoms with Crippen molar-refractivity contribution in [3.63, 3.8) is 0 Å². The van der Waals surface area contributed by atoms with E-state index in [1.807, 2.05) is 44.2 Å². The fraction of sp³-hybridized carbons (Fsp3) is 0.409. The lowest BCUT2D eigenvalue weighted by molar-refractivity contribution is -0.134. The topological polar surface area (TPSA) is 87.4 Å². The predicted octanol–water partition coefficient (Wildman–Crippen LogP) is 2.42. The average molecular weight is 412 g/mol. The lowest BCUT2D eigenvalue weighted by atomic mass is 10.0. The van der Waals surface area contributed by atoms with Crippen molar-refractivity contribution in [1.29, 1.82) is 0 Å². The predicted molar refractivity (Wildman–Crippen MR) is 113 cm³/mol. The molecule has 1 aromatic heterocycles. The molecule has 1 N–H and O–H groups in total. The Labute approximate surface area is 176 Å². The number of nitrogens with one attached hydrogen (secondary N) is 1. The largest absolute Gasteiger partial charge is 0.497 e. The number of hydrogen-bond acceptors (Lipinski definition) is 6. The molecule has 1 aliphatic rings. The van der Waals surface area contributed by atoms with E-state index in [-0.39, 0.29) is 37.0 Å². The quantitative estimate of drug-likeness (QED) is 0.720. The van der Waals surface area contributed by atoms with Crippen LogP contribution in [0.2, 0.25) is 0 Å². The van der Waals surface area contributed by atoms with Crippen molar-refractivity contribution in [2.75, 3.05) is 27.2 Å². The van der Waals surface area contributed by atoms with Crippen LogP contribution in [0.3, 0.4) is 0 Å². The van der Waals surface area contributed by atoms with E-state index in [9.17, 15) is 9.59 Å². The number of carbonyl (C=O) groups is 2. The highest BCUT2D eigenvalue weighted by Crippen LogP contribution is 2.33. The van der Waals surface area contributed by atoms with Gasteiger partial charge in [-0.15, -0.1) is 0 Å². The summed E-state index contributed by atoms with van der Waals surface area (Å²) in [5.41, 5.74) is 1.72. The van der Waals surface area contributed by atoms with Gasteiger partial charge in [0.05, 0.1) is 32.2 Å². The third kappa shape index (κ3) is 5.27. The second-order valence-corrected chi connectivity index (χ2v) is 7.64. The first-order valence-corrected chi connectivity index (χ1v) is 9.92. The third-order valence-corrected chi connectivity index (χ3v) is 4.73. The van der Waals surface area contributed by atoms with Crippen LogP contribution in [-0.4, -0.2) is 60.7 Å². The van der Waals surface area contributed by atoms with Gasteiger partial charge >= 0.3 is 0 Å². The van der Waals surface area contributed by atoms with Gasteiger partial charge < -0.3 is 14.5 Å². The van der Waals surface area contributed by atoms with Crippen LogP contribution in [0.1, 0.15) is 37.6 Å². The van der Waals surface area contributed by atoms with Gasteiger partial charge in [-0.1, -0.05) is 0 Å². The van der Waals surface area contributed by atoms with Crippen LogP contribution in [0.15, 0.2) is 52.2 Å². The summed E-state index contributed by atoms with van der Waals surface area (Å²) in [4.78, 5) is 26.7. The lowest BCUT2D eigenvalue weighted by Crippen LogP contribution is -2.42. The molecular formula is C22H28N4O4. The molecule has 2 amide bonds. The number of rotatable bonds is 8. The molecule has 1 aromatic carbocycles. The summed E-state index contributed by atoms with van der Waals surface area (Å²) < 4.78 is 10.8. The Morgan fingerprint density at radius 3 is 2.60 bits per heavy atom. The Hall–Kier alpha value is -3.13. The Balaban J connectivity index is 1.75. The standard InChI is InChI=1S/C22H28N4O4/c1-15(2)23-21(27)13-25(3)14-22(28)26-19(20-6-5-11-30-20)12-18(24-26)16-7-9-17(29-4)10-8-16/h5-11,15,19H,12-14H2,1-4H3,(H,23,27)/t19-/m1/s1. The average Bonchev–Trinajstić information content (AvgIpc) is 3.36. The molecule has 3 rings (SSSR count). The fourth-order valence-corrected chi connectivity index (χ4v) is 3.37. The van der Waals surface area contributed by atoms with Crippen molar-refractivity contribution in [2.45, 2.75) is 32.4 Å². The Morgan fingerprint density at radius 1 is 1.27 bits per heavy atom. The van der Waals surface area contributed by atoms with E-state index in [2.05, 4.69) is 10.4 Å². The first-order valence-electron chi connectivity index (χ1n) is 9.92. The molecule has 2 heterocycles. The van der Waals surface area contributed by atoms with E-state index in [1.54, 1.807) is 31.4 Å². The van der Waals surface area contributed by atoms with E-state index in [0.29, 0.717) is 12.2 Å². The number of furan rings is 1. The molecule has 0 spiro atoms. The maximum Gasteiger partial charge on any atom is 0.257 e. The maximum absolute atomic E-state index is 13.0. The highest BCUT2D eigenvalue weighted by Gasteiger charge is 2.35. The second-order valence-electron chi connectivity index (χ2n) is 7.64. The second kappa shape index (κ2) is 9.58. The SMILES string of the molecule is COc1ccc(C2=NN(C(=O)CN(C)CC(=O)NC(C)C)[C@@H](c3ccco3)C2)cc1. The van der Waals surface area contributed by atoms with Crippen molar-refractivity contribution in [3.8, 4) is 5.75 Å². The summed E-state index contributed by atoms with van der Waals surface area (Å²) >= 11 is 0. The highest BCUT2D eigenvalue weighted by atomic mass is 16.5. The van der Waals surface area contributed by atoms with Gasteiger partial charge in [0.25, 0.3) is 5.91 Å². The first-order chi connectivity index (χ1) is 14.4. The van der Waals surface area contributed by atoms with Crippen molar-refractivity contribution in [3.05, 3.63) is 54.0 Å². The smallest absolute Gasteiger partial charge is 0.257 e. The van der Waals surface area contributed by atoms with Crippen molar-refractivity contribution in [1.82, 2.24) is 15.2 Å². The number of hydrazone groups is 1. The van der Waals surface area contributed by atoms with Gasteiger partial charge in [0, 0.05) is 12.5 Å². The zero-order valence-electron chi connectivity index (χ0n) is 17.8. The van der Waals surface area contributed by atoms with Gasteiger partial charge in [0.1, 0.15) is 17.6 Å². The van der Waals surface area contributed by atoms with E-state index >= 15 is 0 Å². The zero-order valence-corrected chi connectivity index (χ0v) is 17.8. The van der Waals surface area contributed by atoms with E-state index in [4.69, 9.17) is 9.15 Å². The molecule has 8 nitrogen and oxygen atoms in total. The van der Waals surface area contributed by atoms with Gasteiger partial charge in [-0.25, -0.2) is 5.01 Å². The molecule has 0 unspecified atom stereocenters. The normalized spacial score (nSPS) is 16.1. The van der Waals surface area contributed by atoms with Crippen LogP contribution in [0, 0.1) is 0 Å². The van der Waals surface area contributed by atoms with E-state index < -0.39 is 0 Å². The molecule has 0 saturated heterocycles. The summed E-state index contributed by atoms with van der Waals surface area (Å²) in [6, 6.07) is 11.0. The Kier molecular flexibility index (Phi) is 6.89. The summed E-state index contributed by atoms with van der Waals surface area (Å²) in [5.74, 6) is 1.12. The monoisotopic (exact) mass is 412 g/mol. The molecule has 0 fully saturated rings. The van der Waals surface area contributed by atoms with Gasteiger partial charge in [-0.2, -0.15) is 5.10 Å². The van der Waals surface area contributed by atoms with Gasteiger partial charge in [0.2, 0.25) is 5.91 Å². The number of methoxy groups -OCH3 is 1. The van der Waals surface area contributed by atoms with Crippen molar-refractivity contribution >= 4 is 17.5 Å². The van der Waals surface area contributed by atoms with Crippen LogP contribution in [0.25, 0.3) is 0 Å². The minimum absolute atomic E-state index is 0.0557. The summed E-state index contributed by atoms with van der Waals surface area (Å²) in [6.45, 7) is 4.01. The molecule has 8 heteroatoms. The van der Waals surface area contributed by atoms with Crippen LogP contribution >= 0.6 is 0 Å². The number of hydrogen-bond donors (Lipinski definition) is 1. The zero-order chi connectivity index (χ0) is 21.7. The van der Waals surface area contributed by atoms with Crippen molar-refractivity contribution < 1.29 is 18.7 Å². The van der Waals surface area contributed by atoms with Crippen LogP contribution < -0.4 is 10.1 Å². The Morgan fingerprint density at radius 2 is 2.00 bits per heavy atom. The fourth-order valence-electron chi connectivity index (χ4n) is 3.37. The molecular weight excluding hydrogens is 384 g/mol. The molecule has 0 aliphatic carbocycles. The molecule has 2 aromatic rings. The summed E-state index contributed by atoms with van der Waals surface area (Å²) in [5, 5.41) is 8.90. The number of nitrogens with zero attached hydrogens (tertiary/aromatic N) is 3. The minimum Gasteiger partial charge on any atom is -0.497 e. The Bertz CT molecular complexity index is 890. The summed E-state index contributed by atoms with van der Waals surface area (Å²) in [7, 11) is 3.36. The molecule has 1 atom stereocenters. The number of ether oxygens (including phenoxy) is 1. The number of carbonyl (C=O) groups excluding carboxylic acids is 2. The van der Waals surface area contributed by atoms with Crippen LogP contribution in [0.5, 0.6) is 5.75 Å². The maximum atomic E-state index is 13.0. The van der Waals surface area contributed by atoms with Gasteiger partial charge in [0.15, 0.2) is 0 Å². The molecule has 0 radical (unpaired) electrons. The first kappa shape index (κ1) is 21.6. The van der Waals surface area contributed by atoms with Gasteiger partial charge in [-0.3, -0.25) is 14.5 Å².